The first-order valence-electron chi connectivity index (χ1n) is 21.9. The van der Waals surface area contributed by atoms with Crippen molar-refractivity contribution in [2.75, 3.05) is 6.61 Å². The Morgan fingerprint density at radius 1 is 0.531 bits per heavy atom. The molecule has 0 spiro atoms. The summed E-state index contributed by atoms with van der Waals surface area (Å²) < 4.78 is 0. The van der Waals surface area contributed by atoms with E-state index in [0.29, 0.717) is 6.42 Å². The van der Waals surface area contributed by atoms with Crippen molar-refractivity contribution in [3.8, 4) is 0 Å². The number of carbonyl (C=O) groups excluding carboxylic acids is 1. The Morgan fingerprint density at radius 2 is 0.878 bits per heavy atom. The molecule has 5 nitrogen and oxygen atoms in total. The van der Waals surface area contributed by atoms with Crippen molar-refractivity contribution in [1.82, 2.24) is 5.32 Å². The molecule has 0 aliphatic heterocycles. The van der Waals surface area contributed by atoms with E-state index in [1.54, 1.807) is 6.08 Å². The Labute approximate surface area is 306 Å². The fourth-order valence-electron chi connectivity index (χ4n) is 6.84. The number of hydrogen-bond acceptors (Lipinski definition) is 4. The number of nitrogens with one attached hydrogen (secondary N) is 1. The fourth-order valence-corrected chi connectivity index (χ4v) is 6.84. The van der Waals surface area contributed by atoms with Crippen molar-refractivity contribution in [2.45, 2.75) is 251 Å². The number of hydrogen-bond donors (Lipinski definition) is 4. The Balaban J connectivity index is 3.59. The molecule has 0 saturated heterocycles. The highest BCUT2D eigenvalue weighted by atomic mass is 16.3. The third-order valence-electron chi connectivity index (χ3n) is 10.3. The van der Waals surface area contributed by atoms with Crippen LogP contribution in [0.25, 0.3) is 0 Å². The third-order valence-corrected chi connectivity index (χ3v) is 10.3. The van der Waals surface area contributed by atoms with Crippen molar-refractivity contribution in [3.05, 3.63) is 12.2 Å². The van der Waals surface area contributed by atoms with Gasteiger partial charge in [-0.25, -0.2) is 0 Å². The van der Waals surface area contributed by atoms with Gasteiger partial charge in [-0.3, -0.25) is 4.79 Å². The monoisotopic (exact) mass is 694 g/mol. The Morgan fingerprint density at radius 3 is 1.24 bits per heavy atom. The van der Waals surface area contributed by atoms with Crippen LogP contribution in [0.3, 0.4) is 0 Å². The molecule has 0 aromatic rings. The number of aliphatic hydroxyl groups excluding tert-OH is 3. The summed E-state index contributed by atoms with van der Waals surface area (Å²) in [5, 5.41) is 33.1. The van der Waals surface area contributed by atoms with Gasteiger partial charge in [0.25, 0.3) is 0 Å². The molecule has 3 atom stereocenters. The molecule has 0 bridgehead atoms. The van der Waals surface area contributed by atoms with Crippen molar-refractivity contribution in [1.29, 1.82) is 0 Å². The smallest absolute Gasteiger partial charge is 0.249 e. The topological polar surface area (TPSA) is 89.8 Å². The Hall–Kier alpha value is -0.910. The summed E-state index contributed by atoms with van der Waals surface area (Å²) >= 11 is 0. The summed E-state index contributed by atoms with van der Waals surface area (Å²) in [5.74, 6) is 0.308. The second-order valence-electron chi connectivity index (χ2n) is 15.7. The molecular weight excluding hydrogens is 606 g/mol. The van der Waals surface area contributed by atoms with Crippen LogP contribution in [0.4, 0.5) is 0 Å². The van der Waals surface area contributed by atoms with Gasteiger partial charge >= 0.3 is 0 Å². The first-order chi connectivity index (χ1) is 23.9. The molecule has 0 radical (unpaired) electrons. The predicted molar refractivity (Wildman–Crippen MR) is 213 cm³/mol. The minimum atomic E-state index is -1.09. The molecule has 4 N–H and O–H groups in total. The molecule has 0 saturated carbocycles. The summed E-state index contributed by atoms with van der Waals surface area (Å²) in [4.78, 5) is 12.4. The SMILES string of the molecule is CCCCCCCCCCCCCCCCCCCCCCCCC[C@@H](O)C(=O)N[C@@H](CO)[C@H](O)/C=C/CCCCCCCCCC(C)C. The van der Waals surface area contributed by atoms with Gasteiger partial charge in [-0.1, -0.05) is 226 Å². The standard InChI is InChI=1S/C44H87NO4/c1-4-5-6-7-8-9-10-11-12-13-14-15-16-17-18-19-20-21-22-25-29-32-35-38-43(48)44(49)45-41(39-46)42(47)37-34-31-28-26-23-24-27-30-33-36-40(2)3/h34,37,40-43,46-48H,4-33,35-36,38-39H2,1-3H3,(H,45,49)/b37-34+/t41-,42+,43+/m0/s1. The van der Waals surface area contributed by atoms with Gasteiger partial charge in [-0.2, -0.15) is 0 Å². The number of aliphatic hydroxyl groups is 3. The summed E-state index contributed by atoms with van der Waals surface area (Å²) in [6, 6.07) is -0.793. The number of unbranched alkanes of at least 4 members (excludes halogenated alkanes) is 29. The Kier molecular flexibility index (Phi) is 37.6. The van der Waals surface area contributed by atoms with E-state index in [1.807, 2.05) is 6.08 Å². The number of allylic oxidation sites excluding steroid dienone is 1. The third kappa shape index (κ3) is 35.3. The lowest BCUT2D eigenvalue weighted by atomic mass is 10.0. The zero-order valence-electron chi connectivity index (χ0n) is 33.3. The van der Waals surface area contributed by atoms with E-state index in [0.717, 1.165) is 38.0 Å². The van der Waals surface area contributed by atoms with E-state index in [-0.39, 0.29) is 6.61 Å². The average Bonchev–Trinajstić information content (AvgIpc) is 3.09. The maximum Gasteiger partial charge on any atom is 0.249 e. The fraction of sp³-hybridized carbons (Fsp3) is 0.932. The van der Waals surface area contributed by atoms with Gasteiger partial charge in [-0.15, -0.1) is 0 Å². The lowest BCUT2D eigenvalue weighted by Crippen LogP contribution is -2.48. The van der Waals surface area contributed by atoms with E-state index in [4.69, 9.17) is 0 Å². The first kappa shape index (κ1) is 48.1. The highest BCUT2D eigenvalue weighted by Gasteiger charge is 2.22. The van der Waals surface area contributed by atoms with Crippen LogP contribution < -0.4 is 5.32 Å². The highest BCUT2D eigenvalue weighted by molar-refractivity contribution is 5.80. The van der Waals surface area contributed by atoms with Crippen LogP contribution in [0.2, 0.25) is 0 Å². The van der Waals surface area contributed by atoms with E-state index in [9.17, 15) is 20.1 Å². The lowest BCUT2D eigenvalue weighted by Gasteiger charge is -2.21. The maximum absolute atomic E-state index is 12.4. The summed E-state index contributed by atoms with van der Waals surface area (Å²) in [6.07, 6.45) is 44.0. The summed E-state index contributed by atoms with van der Waals surface area (Å²) in [7, 11) is 0. The zero-order valence-corrected chi connectivity index (χ0v) is 33.3. The average molecular weight is 694 g/mol. The van der Waals surface area contributed by atoms with Crippen LogP contribution in [0.15, 0.2) is 12.2 Å². The van der Waals surface area contributed by atoms with Crippen molar-refractivity contribution in [3.63, 3.8) is 0 Å². The molecule has 0 rings (SSSR count). The number of amides is 1. The molecule has 5 heteroatoms. The molecule has 0 aliphatic rings. The van der Waals surface area contributed by atoms with E-state index in [1.165, 1.54) is 173 Å². The molecule has 1 amide bonds. The largest absolute Gasteiger partial charge is 0.394 e. The molecule has 0 heterocycles. The van der Waals surface area contributed by atoms with Crippen LogP contribution in [-0.2, 0) is 4.79 Å². The van der Waals surface area contributed by atoms with Gasteiger partial charge in [0.2, 0.25) is 5.91 Å². The number of rotatable bonds is 39. The molecule has 0 fully saturated rings. The Bertz CT molecular complexity index is 696. The van der Waals surface area contributed by atoms with Crippen LogP contribution in [-0.4, -0.2) is 46.1 Å². The van der Waals surface area contributed by atoms with E-state index < -0.39 is 24.2 Å². The van der Waals surface area contributed by atoms with Gasteiger partial charge in [0.1, 0.15) is 6.10 Å². The van der Waals surface area contributed by atoms with Crippen molar-refractivity contribution in [2.24, 2.45) is 5.92 Å². The molecule has 0 aromatic heterocycles. The molecule has 0 aliphatic carbocycles. The van der Waals surface area contributed by atoms with Crippen LogP contribution >= 0.6 is 0 Å². The molecule has 0 unspecified atom stereocenters. The van der Waals surface area contributed by atoms with Gasteiger partial charge in [0.15, 0.2) is 0 Å². The lowest BCUT2D eigenvalue weighted by molar-refractivity contribution is -0.131. The van der Waals surface area contributed by atoms with E-state index >= 15 is 0 Å². The van der Waals surface area contributed by atoms with Gasteiger partial charge in [0, 0.05) is 0 Å². The van der Waals surface area contributed by atoms with E-state index in [2.05, 4.69) is 26.1 Å². The molecular formula is C44H87NO4. The number of carbonyl (C=O) groups is 1. The predicted octanol–water partition coefficient (Wildman–Crippen LogP) is 12.3. The van der Waals surface area contributed by atoms with Crippen LogP contribution in [0.5, 0.6) is 0 Å². The maximum atomic E-state index is 12.4. The minimum Gasteiger partial charge on any atom is -0.394 e. The summed E-state index contributed by atoms with van der Waals surface area (Å²) in [6.45, 7) is 6.50. The normalized spacial score (nSPS) is 13.8. The van der Waals surface area contributed by atoms with Gasteiger partial charge in [0.05, 0.1) is 18.8 Å². The molecule has 292 valence electrons. The second kappa shape index (κ2) is 38.3. The van der Waals surface area contributed by atoms with Crippen LogP contribution in [0.1, 0.15) is 233 Å². The summed E-state index contributed by atoms with van der Waals surface area (Å²) in [5.41, 5.74) is 0. The first-order valence-corrected chi connectivity index (χ1v) is 21.9. The van der Waals surface area contributed by atoms with Crippen molar-refractivity contribution < 1.29 is 20.1 Å². The highest BCUT2D eigenvalue weighted by Crippen LogP contribution is 2.17. The second-order valence-corrected chi connectivity index (χ2v) is 15.7. The van der Waals surface area contributed by atoms with Gasteiger partial charge in [-0.05, 0) is 25.2 Å². The quantitative estimate of drug-likeness (QED) is 0.0381. The molecule has 49 heavy (non-hydrogen) atoms. The van der Waals surface area contributed by atoms with Crippen molar-refractivity contribution >= 4 is 5.91 Å². The van der Waals surface area contributed by atoms with Crippen LogP contribution in [0, 0.1) is 5.92 Å². The zero-order chi connectivity index (χ0) is 36.0. The molecule has 0 aromatic carbocycles. The minimum absolute atomic E-state index is 0.361. The van der Waals surface area contributed by atoms with Gasteiger partial charge < -0.3 is 20.6 Å².